The molecule has 0 aromatic heterocycles. The highest BCUT2D eigenvalue weighted by Crippen LogP contribution is 2.42. The van der Waals surface area contributed by atoms with Crippen LogP contribution >= 0.6 is 0 Å². The molecule has 3 fully saturated rings. The van der Waals surface area contributed by atoms with Crippen LogP contribution in [0.25, 0.3) is 0 Å². The lowest BCUT2D eigenvalue weighted by molar-refractivity contribution is -0.314. The van der Waals surface area contributed by atoms with Gasteiger partial charge in [0.05, 0.1) is 47.8 Å². The molecule has 3 unspecified atom stereocenters. The van der Waals surface area contributed by atoms with E-state index in [1.165, 1.54) is 27.9 Å². The molecule has 16 nitrogen and oxygen atoms in total. The summed E-state index contributed by atoms with van der Waals surface area (Å²) in [6.45, 7) is 22.2. The summed E-state index contributed by atoms with van der Waals surface area (Å²) in [5, 5.41) is 40.8. The van der Waals surface area contributed by atoms with Gasteiger partial charge in [-0.05, 0) is 67.9 Å². The van der Waals surface area contributed by atoms with Gasteiger partial charge in [0, 0.05) is 70.1 Å². The maximum absolute atomic E-state index is 14.5. The van der Waals surface area contributed by atoms with Gasteiger partial charge in [-0.15, -0.1) is 12.3 Å². The molecule has 16 heteroatoms. The number of aliphatic hydroxyl groups is 3. The standard InChI is InChI=1S/C45H76N2O14/c1-17-19-20-47(15)33-21-25(4)55-42(26(33)5)60-39-28(7)37(59-35-23-44(13,54-16)40(30(9)56-35)57-31(10)48)29(8)41(51)58-34(18-2)45(14,53)38(50)27(6)36(46-61-32(11)49)24(3)22-43(39,12)52/h1,24-30,33-35,37-40,42,50,52-53H,18-23H2,2-16H3/b46-36+/t24-,25-,26-,27+,28+,29-,30?,33+,34-,35?,37+,38-,39?,40+,42+,43-,44-,45-/m1/s1. The van der Waals surface area contributed by atoms with E-state index in [1.807, 2.05) is 27.8 Å². The highest BCUT2D eigenvalue weighted by molar-refractivity contribution is 5.89. The second-order valence-corrected chi connectivity index (χ2v) is 18.6. The van der Waals surface area contributed by atoms with E-state index in [0.717, 1.165) is 0 Å². The molecule has 3 saturated heterocycles. The zero-order valence-corrected chi connectivity index (χ0v) is 39.2. The molecule has 3 aliphatic rings. The third-order valence-corrected chi connectivity index (χ3v) is 13.3. The first kappa shape index (κ1) is 52.6. The Balaban J connectivity index is 2.27. The molecule has 0 aromatic carbocycles. The predicted octanol–water partition coefficient (Wildman–Crippen LogP) is 4.38. The SMILES string of the molecule is C#CCCN(C)[C@H]1C[C@@H](C)O[C@@H](OC2[C@@H](C)[C@H](OC3C[C@@](C)(OC)[C@@H](OC(C)=O)C(C)O3)[C@@H](C)C(=O)O[C@H](CC)[C@@](C)(O)[C@H](O)[C@@H](C)/C(=N/OC(C)=O)[C@H](C)C[C@@]2(C)O)[C@@H]1C. The normalized spacial score (nSPS) is 43.8. The Labute approximate surface area is 363 Å². The highest BCUT2D eigenvalue weighted by Gasteiger charge is 2.54. The summed E-state index contributed by atoms with van der Waals surface area (Å²) in [4.78, 5) is 46.0. The molecular formula is C45H76N2O14. The van der Waals surface area contributed by atoms with Crippen molar-refractivity contribution in [2.45, 2.75) is 200 Å². The third-order valence-electron chi connectivity index (χ3n) is 13.3. The van der Waals surface area contributed by atoms with Crippen molar-refractivity contribution in [3.05, 3.63) is 0 Å². The van der Waals surface area contributed by atoms with E-state index < -0.39 is 108 Å². The van der Waals surface area contributed by atoms with E-state index in [0.29, 0.717) is 19.4 Å². The molecule has 0 saturated carbocycles. The van der Waals surface area contributed by atoms with Crippen molar-refractivity contribution >= 4 is 23.6 Å². The number of oxime groups is 1. The van der Waals surface area contributed by atoms with Crippen LogP contribution in [0.2, 0.25) is 0 Å². The number of aliphatic hydroxyl groups excluding tert-OH is 1. The van der Waals surface area contributed by atoms with Gasteiger partial charge in [-0.3, -0.25) is 9.59 Å². The molecule has 0 bridgehead atoms. The number of cyclic esters (lactones) is 1. The van der Waals surface area contributed by atoms with Crippen LogP contribution in [-0.4, -0.2) is 143 Å². The van der Waals surface area contributed by atoms with Crippen LogP contribution < -0.4 is 0 Å². The fourth-order valence-corrected chi connectivity index (χ4v) is 9.73. The largest absolute Gasteiger partial charge is 0.459 e. The molecule has 18 atom stereocenters. The van der Waals surface area contributed by atoms with Crippen LogP contribution in [0, 0.1) is 41.9 Å². The topological polar surface area (TPSA) is 201 Å². The number of rotatable bonds is 11. The Morgan fingerprint density at radius 1 is 0.951 bits per heavy atom. The van der Waals surface area contributed by atoms with Crippen molar-refractivity contribution in [2.75, 3.05) is 20.7 Å². The summed E-state index contributed by atoms with van der Waals surface area (Å²) >= 11 is 0. The molecule has 0 aliphatic carbocycles. The smallest absolute Gasteiger partial charge is 0.331 e. The predicted molar refractivity (Wildman–Crippen MR) is 226 cm³/mol. The minimum Gasteiger partial charge on any atom is -0.459 e. The van der Waals surface area contributed by atoms with Gasteiger partial charge in [0.2, 0.25) is 0 Å². The van der Waals surface area contributed by atoms with E-state index >= 15 is 0 Å². The van der Waals surface area contributed by atoms with Crippen molar-refractivity contribution in [3.8, 4) is 12.3 Å². The van der Waals surface area contributed by atoms with E-state index in [1.54, 1.807) is 48.5 Å². The zero-order valence-electron chi connectivity index (χ0n) is 39.2. The summed E-state index contributed by atoms with van der Waals surface area (Å²) in [6.07, 6.45) is -1.45. The quantitative estimate of drug-likeness (QED) is 0.114. The van der Waals surface area contributed by atoms with Crippen molar-refractivity contribution in [2.24, 2.45) is 34.7 Å². The molecular weight excluding hydrogens is 792 g/mol. The lowest BCUT2D eigenvalue weighted by Crippen LogP contribution is -2.61. The maximum atomic E-state index is 14.5. The number of esters is 2. The lowest BCUT2D eigenvalue weighted by atomic mass is 9.73. The van der Waals surface area contributed by atoms with Gasteiger partial charge in [-0.1, -0.05) is 39.8 Å². The van der Waals surface area contributed by atoms with Gasteiger partial charge in [-0.2, -0.15) is 0 Å². The van der Waals surface area contributed by atoms with Crippen LogP contribution in [0.15, 0.2) is 5.16 Å². The minimum atomic E-state index is -2.01. The number of ether oxygens (including phenoxy) is 7. The number of carbonyl (C=O) groups excluding carboxylic acids is 3. The number of hydrogen-bond acceptors (Lipinski definition) is 16. The summed E-state index contributed by atoms with van der Waals surface area (Å²) in [5.41, 5.74) is -4.63. The average Bonchev–Trinajstić information content (AvgIpc) is 3.17. The zero-order chi connectivity index (χ0) is 46.4. The molecule has 0 amide bonds. The maximum Gasteiger partial charge on any atom is 0.331 e. The number of hydrogen-bond donors (Lipinski definition) is 3. The van der Waals surface area contributed by atoms with Crippen LogP contribution in [-0.2, 0) is 52.4 Å². The number of carbonyl (C=O) groups is 3. The van der Waals surface area contributed by atoms with E-state index in [-0.39, 0.29) is 43.0 Å². The number of methoxy groups -OCH3 is 1. The molecule has 0 spiro atoms. The van der Waals surface area contributed by atoms with Gasteiger partial charge >= 0.3 is 17.9 Å². The van der Waals surface area contributed by atoms with Crippen LogP contribution in [0.5, 0.6) is 0 Å². The Morgan fingerprint density at radius 2 is 1.59 bits per heavy atom. The molecule has 61 heavy (non-hydrogen) atoms. The Morgan fingerprint density at radius 3 is 2.15 bits per heavy atom. The van der Waals surface area contributed by atoms with Gasteiger partial charge in [-0.25, -0.2) is 4.79 Å². The third kappa shape index (κ3) is 12.7. The van der Waals surface area contributed by atoms with Gasteiger partial charge < -0.3 is 58.2 Å². The first-order valence-electron chi connectivity index (χ1n) is 21.8. The summed E-state index contributed by atoms with van der Waals surface area (Å²) in [5.74, 6) is -2.95. The summed E-state index contributed by atoms with van der Waals surface area (Å²) in [7, 11) is 3.52. The fourth-order valence-electron chi connectivity index (χ4n) is 9.73. The van der Waals surface area contributed by atoms with Gasteiger partial charge in [0.1, 0.15) is 17.3 Å². The average molecular weight is 869 g/mol. The molecule has 3 heterocycles. The van der Waals surface area contributed by atoms with Crippen molar-refractivity contribution in [1.82, 2.24) is 4.90 Å². The van der Waals surface area contributed by atoms with Crippen molar-refractivity contribution < 1.29 is 67.7 Å². The van der Waals surface area contributed by atoms with Crippen LogP contribution in [0.1, 0.15) is 122 Å². The molecule has 3 rings (SSSR count). The molecule has 0 radical (unpaired) electrons. The monoisotopic (exact) mass is 869 g/mol. The van der Waals surface area contributed by atoms with E-state index in [9.17, 15) is 29.7 Å². The molecule has 3 aliphatic heterocycles. The Kier molecular flexibility index (Phi) is 18.8. The minimum absolute atomic E-state index is 0.0123. The molecule has 3 N–H and O–H groups in total. The lowest BCUT2D eigenvalue weighted by Gasteiger charge is -2.50. The second-order valence-electron chi connectivity index (χ2n) is 18.6. The Bertz CT molecular complexity index is 1550. The fraction of sp³-hybridized carbons (Fsp3) is 0.867. The first-order chi connectivity index (χ1) is 28.3. The van der Waals surface area contributed by atoms with E-state index in [2.05, 4.69) is 16.0 Å². The van der Waals surface area contributed by atoms with Crippen LogP contribution in [0.4, 0.5) is 0 Å². The second kappa shape index (κ2) is 21.8. The number of nitrogens with zero attached hydrogens (tertiary/aromatic N) is 2. The van der Waals surface area contributed by atoms with Gasteiger partial charge in [0.15, 0.2) is 18.7 Å². The van der Waals surface area contributed by atoms with E-state index in [4.69, 9.17) is 44.4 Å². The Hall–Kier alpha value is -2.72. The molecule has 350 valence electrons. The first-order valence-corrected chi connectivity index (χ1v) is 21.8. The molecule has 0 aromatic rings. The summed E-state index contributed by atoms with van der Waals surface area (Å²) < 4.78 is 44.4. The summed E-state index contributed by atoms with van der Waals surface area (Å²) in [6, 6.07) is 0.0123. The van der Waals surface area contributed by atoms with Gasteiger partial charge in [0.25, 0.3) is 0 Å². The highest BCUT2D eigenvalue weighted by atomic mass is 16.7. The van der Waals surface area contributed by atoms with Crippen molar-refractivity contribution in [1.29, 1.82) is 0 Å². The number of terminal acetylenes is 1. The van der Waals surface area contributed by atoms with Crippen LogP contribution in [0.3, 0.4) is 0 Å². The van der Waals surface area contributed by atoms with Crippen molar-refractivity contribution in [3.63, 3.8) is 0 Å².